The first-order chi connectivity index (χ1) is 12.1. The van der Waals surface area contributed by atoms with Crippen molar-refractivity contribution in [3.63, 3.8) is 0 Å². The Balaban J connectivity index is 1.78. The van der Waals surface area contributed by atoms with E-state index in [0.29, 0.717) is 50.2 Å². The van der Waals surface area contributed by atoms with Gasteiger partial charge in [-0.1, -0.05) is 0 Å². The van der Waals surface area contributed by atoms with Crippen LogP contribution in [0.2, 0.25) is 0 Å². The van der Waals surface area contributed by atoms with Gasteiger partial charge in [0, 0.05) is 59.0 Å². The molecule has 1 aliphatic heterocycles. The molecule has 0 aromatic carbocycles. The lowest BCUT2D eigenvalue weighted by Gasteiger charge is -2.32. The number of piperidine rings is 1. The predicted molar refractivity (Wildman–Crippen MR) is 93.5 cm³/mol. The number of carbonyl (C=O) groups excluding carboxylic acids is 2. The lowest BCUT2D eigenvalue weighted by atomic mass is 9.96. The van der Waals surface area contributed by atoms with Crippen molar-refractivity contribution in [1.29, 1.82) is 0 Å². The molecule has 0 radical (unpaired) electrons. The van der Waals surface area contributed by atoms with Crippen molar-refractivity contribution in [2.45, 2.75) is 26.2 Å². The van der Waals surface area contributed by atoms with Gasteiger partial charge in [-0.2, -0.15) is 0 Å². The predicted octanol–water partition coefficient (Wildman–Crippen LogP) is 1.49. The number of nitrogens with zero attached hydrogens (tertiary/aromatic N) is 2. The number of amides is 2. The van der Waals surface area contributed by atoms with Gasteiger partial charge in [0.15, 0.2) is 0 Å². The van der Waals surface area contributed by atoms with Gasteiger partial charge in [0.1, 0.15) is 0 Å². The molecule has 7 nitrogen and oxygen atoms in total. The summed E-state index contributed by atoms with van der Waals surface area (Å²) in [7, 11) is 1.65. The zero-order valence-corrected chi connectivity index (χ0v) is 15.0. The van der Waals surface area contributed by atoms with Gasteiger partial charge in [0.25, 0.3) is 5.91 Å². The lowest BCUT2D eigenvalue weighted by Crippen LogP contribution is -2.41. The summed E-state index contributed by atoms with van der Waals surface area (Å²) >= 11 is 0. The first-order valence-electron chi connectivity index (χ1n) is 8.71. The summed E-state index contributed by atoms with van der Waals surface area (Å²) in [6, 6.07) is 3.48. The monoisotopic (exact) mass is 349 g/mol. The van der Waals surface area contributed by atoms with E-state index in [9.17, 15) is 9.59 Å². The highest BCUT2D eigenvalue weighted by molar-refractivity contribution is 5.94. The summed E-state index contributed by atoms with van der Waals surface area (Å²) in [6.07, 6.45) is 4.17. The summed E-state index contributed by atoms with van der Waals surface area (Å²) < 4.78 is 10.5. The maximum absolute atomic E-state index is 12.5. The average molecular weight is 349 g/mol. The van der Waals surface area contributed by atoms with Crippen molar-refractivity contribution in [3.05, 3.63) is 23.9 Å². The molecule has 1 N–H and O–H groups in total. The molecule has 138 valence electrons. The van der Waals surface area contributed by atoms with Crippen molar-refractivity contribution in [2.75, 3.05) is 40.0 Å². The van der Waals surface area contributed by atoms with E-state index in [-0.39, 0.29) is 11.8 Å². The highest BCUT2D eigenvalue weighted by Gasteiger charge is 2.23. The molecule has 0 aliphatic carbocycles. The van der Waals surface area contributed by atoms with Crippen LogP contribution in [0.25, 0.3) is 0 Å². The molecule has 0 atom stereocenters. The first kappa shape index (κ1) is 19.2. The zero-order valence-electron chi connectivity index (χ0n) is 15.0. The van der Waals surface area contributed by atoms with Crippen LogP contribution in [0.3, 0.4) is 0 Å². The van der Waals surface area contributed by atoms with E-state index in [2.05, 4.69) is 10.3 Å². The second-order valence-electron chi connectivity index (χ2n) is 6.25. The number of methoxy groups -OCH3 is 1. The molecular weight excluding hydrogens is 322 g/mol. The van der Waals surface area contributed by atoms with Crippen molar-refractivity contribution in [3.8, 4) is 5.88 Å². The van der Waals surface area contributed by atoms with Crippen molar-refractivity contribution in [1.82, 2.24) is 15.2 Å². The molecule has 2 rings (SSSR count). The molecule has 7 heteroatoms. The van der Waals surface area contributed by atoms with Crippen LogP contribution in [-0.2, 0) is 9.53 Å². The lowest BCUT2D eigenvalue weighted by molar-refractivity contribution is -0.119. The standard InChI is InChI=1S/C18H27N3O4/c1-14(22)19-12-15-6-8-21(9-7-15)18(23)16-4-5-17(20-13-16)25-11-3-10-24-2/h4-5,13,15H,3,6-12H2,1-2H3,(H,19,22). The summed E-state index contributed by atoms with van der Waals surface area (Å²) in [5, 5.41) is 2.85. The molecule has 1 fully saturated rings. The van der Waals surface area contributed by atoms with Gasteiger partial charge in [-0.05, 0) is 24.8 Å². The minimum atomic E-state index is -0.00545. The summed E-state index contributed by atoms with van der Waals surface area (Å²) in [5.74, 6) is 0.945. The largest absolute Gasteiger partial charge is 0.478 e. The van der Waals surface area contributed by atoms with Crippen LogP contribution in [0.15, 0.2) is 18.3 Å². The molecule has 2 heterocycles. The number of ether oxygens (including phenoxy) is 2. The van der Waals surface area contributed by atoms with Crippen molar-refractivity contribution >= 4 is 11.8 Å². The molecule has 1 aliphatic rings. The third-order valence-corrected chi connectivity index (χ3v) is 4.27. The maximum Gasteiger partial charge on any atom is 0.255 e. The molecule has 1 aromatic heterocycles. The third kappa shape index (κ3) is 6.34. The van der Waals surface area contributed by atoms with E-state index < -0.39 is 0 Å². The molecule has 0 saturated carbocycles. The highest BCUT2D eigenvalue weighted by Crippen LogP contribution is 2.19. The number of hydrogen-bond acceptors (Lipinski definition) is 5. The minimum absolute atomic E-state index is 0.00332. The summed E-state index contributed by atoms with van der Waals surface area (Å²) in [5.41, 5.74) is 0.574. The molecule has 1 aromatic rings. The summed E-state index contributed by atoms with van der Waals surface area (Å²) in [6.45, 7) is 4.81. The average Bonchev–Trinajstić information content (AvgIpc) is 2.64. The van der Waals surface area contributed by atoms with Crippen molar-refractivity contribution in [2.24, 2.45) is 5.92 Å². The smallest absolute Gasteiger partial charge is 0.255 e. The van der Waals surface area contributed by atoms with E-state index in [0.717, 1.165) is 19.3 Å². The van der Waals surface area contributed by atoms with Crippen LogP contribution in [0, 0.1) is 5.92 Å². The Kier molecular flexibility index (Phi) is 7.66. The van der Waals surface area contributed by atoms with Crippen LogP contribution in [0.1, 0.15) is 36.5 Å². The molecule has 0 spiro atoms. The van der Waals surface area contributed by atoms with Gasteiger partial charge in [-0.15, -0.1) is 0 Å². The third-order valence-electron chi connectivity index (χ3n) is 4.27. The Morgan fingerprint density at radius 3 is 2.64 bits per heavy atom. The zero-order chi connectivity index (χ0) is 18.1. The fourth-order valence-corrected chi connectivity index (χ4v) is 2.78. The number of nitrogens with one attached hydrogen (secondary N) is 1. The number of pyridine rings is 1. The molecular formula is C18H27N3O4. The van der Waals surface area contributed by atoms with E-state index >= 15 is 0 Å². The quantitative estimate of drug-likeness (QED) is 0.719. The van der Waals surface area contributed by atoms with Gasteiger partial charge in [-0.3, -0.25) is 9.59 Å². The molecule has 0 bridgehead atoms. The van der Waals surface area contributed by atoms with Crippen LogP contribution < -0.4 is 10.1 Å². The highest BCUT2D eigenvalue weighted by atomic mass is 16.5. The van der Waals surface area contributed by atoms with E-state index in [1.165, 1.54) is 6.92 Å². The normalized spacial score (nSPS) is 15.0. The molecule has 25 heavy (non-hydrogen) atoms. The second-order valence-corrected chi connectivity index (χ2v) is 6.25. The number of rotatable bonds is 8. The van der Waals surface area contributed by atoms with Gasteiger partial charge < -0.3 is 19.7 Å². The Hall–Kier alpha value is -2.15. The van der Waals surface area contributed by atoms with Gasteiger partial charge in [0.05, 0.1) is 12.2 Å². The van der Waals surface area contributed by atoms with Crippen LogP contribution >= 0.6 is 0 Å². The number of likely N-dealkylation sites (tertiary alicyclic amines) is 1. The topological polar surface area (TPSA) is 80.8 Å². The Labute approximate surface area is 148 Å². The fourth-order valence-electron chi connectivity index (χ4n) is 2.78. The molecule has 0 unspecified atom stereocenters. The maximum atomic E-state index is 12.5. The van der Waals surface area contributed by atoms with Gasteiger partial charge in [-0.25, -0.2) is 4.98 Å². The molecule has 1 saturated heterocycles. The second kappa shape index (κ2) is 9.98. The Bertz CT molecular complexity index is 554. The SMILES string of the molecule is COCCCOc1ccc(C(=O)N2CCC(CNC(C)=O)CC2)cn1. The number of carbonyl (C=O) groups is 2. The van der Waals surface area contributed by atoms with E-state index in [1.54, 1.807) is 25.4 Å². The van der Waals surface area contributed by atoms with E-state index in [4.69, 9.17) is 9.47 Å². The summed E-state index contributed by atoms with van der Waals surface area (Å²) in [4.78, 5) is 29.6. The number of hydrogen-bond donors (Lipinski definition) is 1. The Morgan fingerprint density at radius 2 is 2.04 bits per heavy atom. The van der Waals surface area contributed by atoms with Gasteiger partial charge >= 0.3 is 0 Å². The van der Waals surface area contributed by atoms with Crippen molar-refractivity contribution < 1.29 is 19.1 Å². The van der Waals surface area contributed by atoms with Gasteiger partial charge in [0.2, 0.25) is 11.8 Å². The van der Waals surface area contributed by atoms with Crippen LogP contribution in [0.5, 0.6) is 5.88 Å². The van der Waals surface area contributed by atoms with Crippen LogP contribution in [-0.4, -0.2) is 61.7 Å². The van der Waals surface area contributed by atoms with E-state index in [1.807, 2.05) is 4.90 Å². The minimum Gasteiger partial charge on any atom is -0.478 e. The first-order valence-corrected chi connectivity index (χ1v) is 8.71. The molecule has 2 amide bonds. The number of aromatic nitrogens is 1. The van der Waals surface area contributed by atoms with Crippen LogP contribution in [0.4, 0.5) is 0 Å². The fraction of sp³-hybridized carbons (Fsp3) is 0.611. The Morgan fingerprint density at radius 1 is 1.28 bits per heavy atom.